The second-order valence-electron chi connectivity index (χ2n) is 6.63. The van der Waals surface area contributed by atoms with Crippen LogP contribution in [0.1, 0.15) is 23.6 Å². The molecule has 0 spiro atoms. The van der Waals surface area contributed by atoms with Gasteiger partial charge in [-0.2, -0.15) is 9.50 Å². The number of fused-ring (bicyclic) bond motifs is 1. The van der Waals surface area contributed by atoms with E-state index in [0.29, 0.717) is 21.1 Å². The zero-order valence-electron chi connectivity index (χ0n) is 15.9. The molecule has 2 aromatic heterocycles. The average Bonchev–Trinajstić information content (AvgIpc) is 3.19. The molecule has 0 amide bonds. The zero-order chi connectivity index (χ0) is 20.7. The van der Waals surface area contributed by atoms with Crippen LogP contribution in [0.15, 0.2) is 45.7 Å². The van der Waals surface area contributed by atoms with E-state index in [9.17, 15) is 9.59 Å². The molecule has 0 aliphatic heterocycles. The predicted molar refractivity (Wildman–Crippen MR) is 116 cm³/mol. The van der Waals surface area contributed by atoms with Gasteiger partial charge in [0.15, 0.2) is 5.82 Å². The highest BCUT2D eigenvalue weighted by atomic mass is 79.9. The monoisotopic (exact) mass is 469 g/mol. The average molecular weight is 470 g/mol. The van der Waals surface area contributed by atoms with Gasteiger partial charge in [-0.15, -0.1) is 5.10 Å². The quantitative estimate of drug-likeness (QED) is 0.338. The summed E-state index contributed by atoms with van der Waals surface area (Å²) >= 11 is 4.69. The fourth-order valence-electron chi connectivity index (χ4n) is 3.08. The summed E-state index contributed by atoms with van der Waals surface area (Å²) in [6.07, 6.45) is 1.81. The van der Waals surface area contributed by atoms with Crippen LogP contribution in [0.25, 0.3) is 22.4 Å². The normalized spacial score (nSPS) is 11.9. The molecule has 0 atom stereocenters. The Bertz CT molecular complexity index is 1330. The number of aryl methyl sites for hydroxylation is 2. The van der Waals surface area contributed by atoms with Crippen molar-refractivity contribution in [3.05, 3.63) is 72.4 Å². The molecule has 0 saturated heterocycles. The number of benzene rings is 2. The van der Waals surface area contributed by atoms with Gasteiger partial charge in [0.2, 0.25) is 4.96 Å². The van der Waals surface area contributed by atoms with Crippen LogP contribution in [0.4, 0.5) is 0 Å². The second-order valence-corrected chi connectivity index (χ2v) is 8.55. The number of carbonyl (C=O) groups excluding carboxylic acids is 1. The minimum Gasteiger partial charge on any atom is -0.426 e. The highest BCUT2D eigenvalue weighted by molar-refractivity contribution is 9.10. The van der Waals surface area contributed by atoms with Gasteiger partial charge in [0, 0.05) is 17.0 Å². The number of carbonyl (C=O) groups is 1. The van der Waals surface area contributed by atoms with Gasteiger partial charge in [-0.25, -0.2) is 0 Å². The summed E-state index contributed by atoms with van der Waals surface area (Å²) in [7, 11) is 0. The molecule has 29 heavy (non-hydrogen) atoms. The standard InChI is InChI=1S/C21H16BrN3O3S/c1-11-8-14(9-12(2)18(11)28-13(3)26)10-17-20(27)25-21(29-17)23-19(24-25)15-4-6-16(22)7-5-15/h4-10H,1-3H3/b17-10-. The Morgan fingerprint density at radius 2 is 1.83 bits per heavy atom. The molecule has 0 radical (unpaired) electrons. The van der Waals surface area contributed by atoms with Crippen molar-refractivity contribution in [3.63, 3.8) is 0 Å². The van der Waals surface area contributed by atoms with E-state index in [1.807, 2.05) is 50.2 Å². The first kappa shape index (κ1) is 19.5. The molecule has 146 valence electrons. The molecular formula is C21H16BrN3O3S. The lowest BCUT2D eigenvalue weighted by molar-refractivity contribution is -0.131. The Labute approximate surface area is 178 Å². The third-order valence-corrected chi connectivity index (χ3v) is 5.80. The number of rotatable bonds is 3. The first-order valence-electron chi connectivity index (χ1n) is 8.79. The largest absolute Gasteiger partial charge is 0.426 e. The Hall–Kier alpha value is -2.84. The number of nitrogens with zero attached hydrogens (tertiary/aromatic N) is 3. The van der Waals surface area contributed by atoms with Crippen molar-refractivity contribution >= 4 is 44.3 Å². The number of esters is 1. The van der Waals surface area contributed by atoms with E-state index in [1.165, 1.54) is 22.8 Å². The van der Waals surface area contributed by atoms with Crippen molar-refractivity contribution in [1.82, 2.24) is 14.6 Å². The number of hydrogen-bond acceptors (Lipinski definition) is 6. The first-order chi connectivity index (χ1) is 13.8. The van der Waals surface area contributed by atoms with Crippen molar-refractivity contribution < 1.29 is 9.53 Å². The van der Waals surface area contributed by atoms with E-state index in [1.54, 1.807) is 6.08 Å². The maximum atomic E-state index is 12.8. The highest BCUT2D eigenvalue weighted by Gasteiger charge is 2.13. The molecule has 0 aliphatic carbocycles. The first-order valence-corrected chi connectivity index (χ1v) is 10.4. The van der Waals surface area contributed by atoms with Gasteiger partial charge < -0.3 is 4.74 Å². The molecule has 4 rings (SSSR count). The van der Waals surface area contributed by atoms with Crippen LogP contribution in [0, 0.1) is 13.8 Å². The maximum Gasteiger partial charge on any atom is 0.308 e. The van der Waals surface area contributed by atoms with E-state index >= 15 is 0 Å². The minimum atomic E-state index is -0.359. The molecule has 2 heterocycles. The summed E-state index contributed by atoms with van der Waals surface area (Å²) in [6.45, 7) is 5.11. The number of aromatic nitrogens is 3. The van der Waals surface area contributed by atoms with Crippen molar-refractivity contribution in [3.8, 4) is 17.1 Å². The van der Waals surface area contributed by atoms with Gasteiger partial charge in [-0.1, -0.05) is 39.4 Å². The van der Waals surface area contributed by atoms with E-state index < -0.39 is 0 Å². The Morgan fingerprint density at radius 1 is 1.17 bits per heavy atom. The fraction of sp³-hybridized carbons (Fsp3) is 0.143. The van der Waals surface area contributed by atoms with Crippen molar-refractivity contribution in [2.24, 2.45) is 0 Å². The van der Waals surface area contributed by atoms with Gasteiger partial charge in [0.1, 0.15) is 5.75 Å². The highest BCUT2D eigenvalue weighted by Crippen LogP contribution is 2.25. The van der Waals surface area contributed by atoms with Gasteiger partial charge in [-0.05, 0) is 60.9 Å². The Kier molecular flexibility index (Phi) is 5.06. The van der Waals surface area contributed by atoms with Crippen LogP contribution in [-0.2, 0) is 4.79 Å². The van der Waals surface area contributed by atoms with Crippen molar-refractivity contribution in [2.75, 3.05) is 0 Å². The van der Waals surface area contributed by atoms with Crippen molar-refractivity contribution in [1.29, 1.82) is 0 Å². The molecule has 0 fully saturated rings. The molecular weight excluding hydrogens is 454 g/mol. The van der Waals surface area contributed by atoms with Gasteiger partial charge >= 0.3 is 5.97 Å². The van der Waals surface area contributed by atoms with E-state index in [2.05, 4.69) is 26.0 Å². The molecule has 0 aliphatic rings. The SMILES string of the molecule is CC(=O)Oc1c(C)cc(/C=c2\sc3nc(-c4ccc(Br)cc4)nn3c2=O)cc1C. The summed E-state index contributed by atoms with van der Waals surface area (Å²) < 4.78 is 8.11. The van der Waals surface area contributed by atoms with E-state index in [-0.39, 0.29) is 11.5 Å². The number of hydrogen-bond donors (Lipinski definition) is 0. The van der Waals surface area contributed by atoms with Gasteiger partial charge in [-0.3, -0.25) is 9.59 Å². The third-order valence-electron chi connectivity index (χ3n) is 4.31. The predicted octanol–water partition coefficient (Wildman–Crippen LogP) is 3.67. The minimum absolute atomic E-state index is 0.208. The number of thiazole rings is 1. The number of halogens is 1. The summed E-state index contributed by atoms with van der Waals surface area (Å²) in [5.41, 5.74) is 3.15. The van der Waals surface area contributed by atoms with Crippen LogP contribution >= 0.6 is 27.3 Å². The number of ether oxygens (including phenoxy) is 1. The van der Waals surface area contributed by atoms with Crippen molar-refractivity contribution in [2.45, 2.75) is 20.8 Å². The van der Waals surface area contributed by atoms with Crippen LogP contribution < -0.4 is 14.8 Å². The summed E-state index contributed by atoms with van der Waals surface area (Å²) in [4.78, 5) is 29.1. The fourth-order valence-corrected chi connectivity index (χ4v) is 4.25. The molecule has 2 aromatic carbocycles. The topological polar surface area (TPSA) is 73.6 Å². The molecule has 8 heteroatoms. The van der Waals surface area contributed by atoms with E-state index in [0.717, 1.165) is 26.7 Å². The summed E-state index contributed by atoms with van der Waals surface area (Å²) in [5, 5.41) is 4.37. The molecule has 6 nitrogen and oxygen atoms in total. The molecule has 0 bridgehead atoms. The Morgan fingerprint density at radius 3 is 2.41 bits per heavy atom. The van der Waals surface area contributed by atoms with Gasteiger partial charge in [0.05, 0.1) is 4.53 Å². The molecule has 4 aromatic rings. The molecule has 0 N–H and O–H groups in total. The summed E-state index contributed by atoms with van der Waals surface area (Å²) in [5.74, 6) is 0.713. The second kappa shape index (κ2) is 7.53. The molecule has 0 unspecified atom stereocenters. The summed E-state index contributed by atoms with van der Waals surface area (Å²) in [6, 6.07) is 11.4. The van der Waals surface area contributed by atoms with E-state index in [4.69, 9.17) is 4.74 Å². The lowest BCUT2D eigenvalue weighted by Gasteiger charge is -2.10. The maximum absolute atomic E-state index is 12.8. The third kappa shape index (κ3) is 3.86. The smallest absolute Gasteiger partial charge is 0.308 e. The zero-order valence-corrected chi connectivity index (χ0v) is 18.3. The van der Waals surface area contributed by atoms with Crippen LogP contribution in [0.3, 0.4) is 0 Å². The van der Waals surface area contributed by atoms with Gasteiger partial charge in [0.25, 0.3) is 5.56 Å². The van der Waals surface area contributed by atoms with Crippen LogP contribution in [0.5, 0.6) is 5.75 Å². The Balaban J connectivity index is 1.75. The van der Waals surface area contributed by atoms with Crippen LogP contribution in [-0.4, -0.2) is 20.6 Å². The molecule has 0 saturated carbocycles. The van der Waals surface area contributed by atoms with Crippen LogP contribution in [0.2, 0.25) is 0 Å². The lowest BCUT2D eigenvalue weighted by Crippen LogP contribution is -2.23. The lowest BCUT2D eigenvalue weighted by atomic mass is 10.1.